The van der Waals surface area contributed by atoms with Gasteiger partial charge in [-0.15, -0.1) is 0 Å². The number of hydrogen-bond donors (Lipinski definition) is 1. The second kappa shape index (κ2) is 20.0. The number of nitrogens with zero attached hydrogens (tertiary/aromatic N) is 9. The van der Waals surface area contributed by atoms with Crippen LogP contribution in [0.5, 0.6) is 0 Å². The number of imidazole rings is 1. The molecular formula is C50H60N10O8S3. The molecule has 2 atom stereocenters. The van der Waals surface area contributed by atoms with Crippen LogP contribution in [0.4, 0.5) is 9.59 Å². The Morgan fingerprint density at radius 1 is 0.690 bits per heavy atom. The maximum Gasteiger partial charge on any atom is 0.410 e. The van der Waals surface area contributed by atoms with Gasteiger partial charge >= 0.3 is 12.2 Å². The molecule has 2 aliphatic heterocycles. The lowest BCUT2D eigenvalue weighted by Gasteiger charge is -2.34. The lowest BCUT2D eigenvalue weighted by atomic mass is 9.97. The highest BCUT2D eigenvalue weighted by Crippen LogP contribution is 2.31. The smallest absolute Gasteiger partial charge is 0.410 e. The monoisotopic (exact) mass is 1020 g/mol. The fourth-order valence-electron chi connectivity index (χ4n) is 8.57. The second-order valence-corrected chi connectivity index (χ2v) is 24.1. The number of aromatic nitrogens is 7. The van der Waals surface area contributed by atoms with Crippen LogP contribution in [-0.2, 0) is 36.1 Å². The molecule has 7 heterocycles. The normalized spacial score (nSPS) is 17.0. The molecule has 0 spiro atoms. The summed E-state index contributed by atoms with van der Waals surface area (Å²) in [6, 6.07) is 16.8. The Bertz CT molecular complexity index is 3340. The molecule has 9 rings (SSSR count). The molecule has 7 aromatic rings. The third kappa shape index (κ3) is 11.4. The number of carbonyl (C=O) groups is 2. The fraction of sp³-hybridized carbons (Fsp3) is 0.420. The lowest BCUT2D eigenvalue weighted by Crippen LogP contribution is -2.46. The lowest BCUT2D eigenvalue weighted by molar-refractivity contribution is 0.0184. The zero-order valence-electron chi connectivity index (χ0n) is 41.2. The topological polar surface area (TPSA) is 205 Å². The average Bonchev–Trinajstić information content (AvgIpc) is 4.08. The number of piperidine rings is 2. The molecule has 5 aromatic heterocycles. The molecule has 21 heteroatoms. The van der Waals surface area contributed by atoms with Crippen molar-refractivity contribution in [2.75, 3.05) is 26.2 Å². The van der Waals surface area contributed by atoms with Crippen LogP contribution in [0, 0.1) is 19.8 Å². The van der Waals surface area contributed by atoms with E-state index in [9.17, 15) is 26.4 Å². The number of amides is 2. The average molecular weight is 1030 g/mol. The first-order chi connectivity index (χ1) is 33.5. The number of nitrogens with one attached hydrogen (secondary N) is 1. The molecule has 71 heavy (non-hydrogen) atoms. The van der Waals surface area contributed by atoms with Gasteiger partial charge < -0.3 is 24.6 Å². The Morgan fingerprint density at radius 2 is 1.21 bits per heavy atom. The highest BCUT2D eigenvalue weighted by Gasteiger charge is 2.32. The van der Waals surface area contributed by atoms with Crippen molar-refractivity contribution < 1.29 is 35.9 Å². The Morgan fingerprint density at radius 3 is 1.80 bits per heavy atom. The number of rotatable bonds is 8. The van der Waals surface area contributed by atoms with Gasteiger partial charge in [-0.05, 0) is 117 Å². The van der Waals surface area contributed by atoms with Gasteiger partial charge in [-0.3, -0.25) is 4.40 Å². The van der Waals surface area contributed by atoms with E-state index in [0.717, 1.165) is 52.1 Å². The highest BCUT2D eigenvalue weighted by molar-refractivity contribution is 7.90. The van der Waals surface area contributed by atoms with E-state index in [0.29, 0.717) is 60.1 Å². The molecule has 18 nitrogen and oxygen atoms in total. The summed E-state index contributed by atoms with van der Waals surface area (Å²) in [6.07, 6.45) is 10.7. The molecule has 2 fully saturated rings. The molecule has 0 bridgehead atoms. The Kier molecular flexibility index (Phi) is 14.3. The third-order valence-electron chi connectivity index (χ3n) is 12.1. The van der Waals surface area contributed by atoms with Crippen LogP contribution in [0.25, 0.3) is 27.8 Å². The van der Waals surface area contributed by atoms with Crippen molar-refractivity contribution in [3.8, 4) is 0 Å². The van der Waals surface area contributed by atoms with E-state index in [1.807, 2.05) is 59.8 Å². The van der Waals surface area contributed by atoms with E-state index in [4.69, 9.17) is 21.7 Å². The van der Waals surface area contributed by atoms with Gasteiger partial charge in [0.05, 0.1) is 56.6 Å². The predicted molar refractivity (Wildman–Crippen MR) is 273 cm³/mol. The maximum absolute atomic E-state index is 13.4. The summed E-state index contributed by atoms with van der Waals surface area (Å²) in [5, 5.41) is 3.23. The summed E-state index contributed by atoms with van der Waals surface area (Å²) in [6.45, 7) is 17.6. The van der Waals surface area contributed by atoms with E-state index in [1.165, 1.54) is 16.4 Å². The SMILES string of the molecule is Cc1ccc(S(=O)(=O)n2ccc3c2ncc2cnc([C@@H]4CCCN(C(=O)OC(C)(C)C)C4)n23)cc1.Cc1ccc(S(=O)(=O)n2ccc3nc(CNC(=S)[C@@H]4CCCN(C(=O)OC(C)(C)C)C4)cnc32)cc1. The van der Waals surface area contributed by atoms with Crippen LogP contribution in [0.3, 0.4) is 0 Å². The van der Waals surface area contributed by atoms with Gasteiger partial charge in [-0.2, -0.15) is 0 Å². The molecule has 2 amide bonds. The van der Waals surface area contributed by atoms with Gasteiger partial charge in [-0.1, -0.05) is 47.6 Å². The zero-order valence-corrected chi connectivity index (χ0v) is 43.6. The molecule has 0 aliphatic carbocycles. The summed E-state index contributed by atoms with van der Waals surface area (Å²) in [7, 11) is -7.60. The van der Waals surface area contributed by atoms with Crippen LogP contribution in [0.1, 0.15) is 95.8 Å². The van der Waals surface area contributed by atoms with Crippen LogP contribution in [0.2, 0.25) is 0 Å². The van der Waals surface area contributed by atoms with Gasteiger partial charge in [0, 0.05) is 50.4 Å². The van der Waals surface area contributed by atoms with Crippen LogP contribution >= 0.6 is 12.2 Å². The molecular weight excluding hydrogens is 965 g/mol. The number of benzene rings is 2. The minimum Gasteiger partial charge on any atom is -0.444 e. The minimum atomic E-state index is -3.81. The van der Waals surface area contributed by atoms with Crippen LogP contribution in [-0.4, -0.2) is 113 Å². The van der Waals surface area contributed by atoms with E-state index < -0.39 is 31.2 Å². The zero-order chi connectivity index (χ0) is 51.0. The van der Waals surface area contributed by atoms with Gasteiger partial charge in [0.2, 0.25) is 0 Å². The van der Waals surface area contributed by atoms with Gasteiger partial charge in [0.25, 0.3) is 20.0 Å². The number of aryl methyl sites for hydroxylation is 2. The van der Waals surface area contributed by atoms with Gasteiger partial charge in [0.15, 0.2) is 11.3 Å². The largest absolute Gasteiger partial charge is 0.444 e. The van der Waals surface area contributed by atoms with Gasteiger partial charge in [-0.25, -0.2) is 54.3 Å². The minimum absolute atomic E-state index is 0.0126. The molecule has 0 unspecified atom stereocenters. The standard InChI is InChI=1S/C25H31N5O4S2.C25H29N5O4S/c1-17-7-9-20(10-8-17)36(32,33)30-13-11-21-22(30)26-14-19(28-21)15-27-23(35)18-6-5-12-29(16-18)24(31)34-25(2,3)4;1-17-7-9-20(10-8-17)35(32,33)29-13-11-21-23(29)27-15-19-14-26-22(30(19)21)18-6-5-12-28(16-18)24(31)34-25(2,3)4/h7-11,13-14,18H,5-6,12,15-16H2,1-4H3,(H,27,35);7-11,13-15,18H,5-6,12,16H2,1-4H3/t2*18-/m11/s1. The first-order valence-electron chi connectivity index (χ1n) is 23.5. The molecule has 376 valence electrons. The first kappa shape index (κ1) is 50.9. The third-order valence-corrected chi connectivity index (χ3v) is 15.9. The molecule has 0 saturated carbocycles. The van der Waals surface area contributed by atoms with E-state index in [1.54, 1.807) is 89.1 Å². The number of thiocarbonyl (C=S) groups is 1. The molecule has 1 N–H and O–H groups in total. The van der Waals surface area contributed by atoms with Crippen molar-refractivity contribution in [2.45, 2.75) is 115 Å². The van der Waals surface area contributed by atoms with Gasteiger partial charge in [0.1, 0.15) is 22.5 Å². The Hall–Kier alpha value is -6.45. The maximum atomic E-state index is 13.4. The highest BCUT2D eigenvalue weighted by atomic mass is 32.2. The number of likely N-dealkylation sites (tertiary alicyclic amines) is 2. The summed E-state index contributed by atoms with van der Waals surface area (Å²) < 4.78 is 68.2. The van der Waals surface area contributed by atoms with Crippen molar-refractivity contribution in [1.82, 2.24) is 47.4 Å². The first-order valence-corrected chi connectivity index (χ1v) is 26.8. The van der Waals surface area contributed by atoms with Crippen LogP contribution in [0.15, 0.2) is 101 Å². The van der Waals surface area contributed by atoms with E-state index in [-0.39, 0.29) is 39.5 Å². The number of ether oxygens (including phenoxy) is 2. The van der Waals surface area contributed by atoms with Crippen molar-refractivity contribution in [3.05, 3.63) is 114 Å². The van der Waals surface area contributed by atoms with E-state index in [2.05, 4.69) is 25.3 Å². The summed E-state index contributed by atoms with van der Waals surface area (Å²) in [5.74, 6) is 0.797. The summed E-state index contributed by atoms with van der Waals surface area (Å²) in [5.41, 5.74) is 3.99. The van der Waals surface area contributed by atoms with Crippen molar-refractivity contribution >= 4 is 77.3 Å². The number of fused-ring (bicyclic) bond motifs is 4. The Balaban J connectivity index is 0.000000190. The van der Waals surface area contributed by atoms with Crippen molar-refractivity contribution in [1.29, 1.82) is 0 Å². The quantitative estimate of drug-likeness (QED) is 0.142. The second-order valence-electron chi connectivity index (χ2n) is 20.0. The fourth-order valence-corrected chi connectivity index (χ4v) is 11.4. The molecule has 2 saturated heterocycles. The Labute approximate surface area is 419 Å². The summed E-state index contributed by atoms with van der Waals surface area (Å²) >= 11 is 5.61. The molecule has 2 aliphatic rings. The van der Waals surface area contributed by atoms with Crippen LogP contribution < -0.4 is 5.32 Å². The number of hydrogen-bond acceptors (Lipinski definition) is 13. The van der Waals surface area contributed by atoms with Crippen molar-refractivity contribution in [2.24, 2.45) is 5.92 Å². The van der Waals surface area contributed by atoms with Crippen molar-refractivity contribution in [3.63, 3.8) is 0 Å². The predicted octanol–water partition coefficient (Wildman–Crippen LogP) is 8.38. The molecule has 2 aromatic carbocycles. The molecule has 0 radical (unpaired) electrons. The number of carbonyl (C=O) groups excluding carboxylic acids is 2. The summed E-state index contributed by atoms with van der Waals surface area (Å²) in [4.78, 5) is 47.7. The van der Waals surface area contributed by atoms with E-state index >= 15 is 0 Å².